The second-order valence-electron chi connectivity index (χ2n) is 3.47. The molecule has 0 amide bonds. The highest BCUT2D eigenvalue weighted by Gasteiger charge is 2.36. The summed E-state index contributed by atoms with van der Waals surface area (Å²) in [6, 6.07) is 0.131. The fraction of sp³-hybridized carbons (Fsp3) is 0.889. The summed E-state index contributed by atoms with van der Waals surface area (Å²) >= 11 is 0. The van der Waals surface area contributed by atoms with Crippen molar-refractivity contribution in [1.82, 2.24) is 5.32 Å². The van der Waals surface area contributed by atoms with E-state index in [9.17, 15) is 4.79 Å². The van der Waals surface area contributed by atoms with Gasteiger partial charge in [0.15, 0.2) is 0 Å². The molecule has 1 atom stereocenters. The quantitative estimate of drug-likeness (QED) is 0.650. The number of rotatable bonds is 6. The number of ether oxygens (including phenoxy) is 1. The Hall–Kier alpha value is -0.610. The number of hydrogen-bond acceptors (Lipinski definition) is 3. The molecule has 0 bridgehead atoms. The number of nitrogens with one attached hydrogen (secondary N) is 1. The molecule has 4 nitrogen and oxygen atoms in total. The van der Waals surface area contributed by atoms with Crippen molar-refractivity contribution in [3.8, 4) is 0 Å². The monoisotopic (exact) mass is 189 g/mol. The van der Waals surface area contributed by atoms with Crippen molar-refractivity contribution in [2.45, 2.75) is 38.8 Å². The molecule has 13 heavy (non-hydrogen) atoms. The Balaban J connectivity index is 4.54. The van der Waals surface area contributed by atoms with Crippen LogP contribution in [0.2, 0.25) is 0 Å². The summed E-state index contributed by atoms with van der Waals surface area (Å²) in [5.74, 6) is -0.856. The maximum absolute atomic E-state index is 11.0. The largest absolute Gasteiger partial charge is 0.480 e. The van der Waals surface area contributed by atoms with Gasteiger partial charge in [-0.15, -0.1) is 0 Å². The van der Waals surface area contributed by atoms with Crippen LogP contribution in [0, 0.1) is 0 Å². The molecule has 0 aromatic carbocycles. The summed E-state index contributed by atoms with van der Waals surface area (Å²) in [6.45, 7) is 5.87. The van der Waals surface area contributed by atoms with E-state index in [4.69, 9.17) is 9.84 Å². The van der Waals surface area contributed by atoms with Crippen LogP contribution in [0.4, 0.5) is 0 Å². The van der Waals surface area contributed by atoms with Crippen LogP contribution >= 0.6 is 0 Å². The molecule has 0 radical (unpaired) electrons. The number of methoxy groups -OCH3 is 1. The van der Waals surface area contributed by atoms with Gasteiger partial charge >= 0.3 is 5.97 Å². The molecule has 78 valence electrons. The van der Waals surface area contributed by atoms with Gasteiger partial charge in [0.25, 0.3) is 0 Å². The molecular weight excluding hydrogens is 170 g/mol. The lowest BCUT2D eigenvalue weighted by atomic mass is 9.96. The highest BCUT2D eigenvalue weighted by Crippen LogP contribution is 2.12. The molecule has 0 rings (SSSR count). The summed E-state index contributed by atoms with van der Waals surface area (Å²) in [5, 5.41) is 12.1. The Kier molecular flexibility index (Phi) is 4.95. The van der Waals surface area contributed by atoms with Gasteiger partial charge in [0.1, 0.15) is 5.54 Å². The zero-order valence-corrected chi connectivity index (χ0v) is 8.76. The highest BCUT2D eigenvalue weighted by atomic mass is 16.5. The van der Waals surface area contributed by atoms with E-state index >= 15 is 0 Å². The van der Waals surface area contributed by atoms with E-state index in [1.54, 1.807) is 0 Å². The first-order valence-electron chi connectivity index (χ1n) is 4.48. The molecule has 0 saturated carbocycles. The minimum atomic E-state index is -0.942. The molecule has 0 fully saturated rings. The number of carbonyl (C=O) groups is 1. The minimum absolute atomic E-state index is 0.131. The molecular formula is C9H19NO3. The van der Waals surface area contributed by atoms with Gasteiger partial charge in [0.05, 0.1) is 6.61 Å². The van der Waals surface area contributed by atoms with E-state index in [1.807, 2.05) is 20.8 Å². The highest BCUT2D eigenvalue weighted by molar-refractivity contribution is 5.79. The predicted octanol–water partition coefficient (Wildman–Crippen LogP) is 0.864. The van der Waals surface area contributed by atoms with E-state index < -0.39 is 11.5 Å². The molecule has 0 heterocycles. The maximum Gasteiger partial charge on any atom is 0.326 e. The first-order valence-corrected chi connectivity index (χ1v) is 4.48. The fourth-order valence-electron chi connectivity index (χ4n) is 1.32. The predicted molar refractivity (Wildman–Crippen MR) is 50.8 cm³/mol. The van der Waals surface area contributed by atoms with Crippen LogP contribution in [0.5, 0.6) is 0 Å². The van der Waals surface area contributed by atoms with Gasteiger partial charge in [-0.25, -0.2) is 0 Å². The Morgan fingerprint density at radius 2 is 2.15 bits per heavy atom. The van der Waals surface area contributed by atoms with Crippen LogP contribution in [0.25, 0.3) is 0 Å². The smallest absolute Gasteiger partial charge is 0.326 e. The van der Waals surface area contributed by atoms with Gasteiger partial charge in [0, 0.05) is 13.2 Å². The Morgan fingerprint density at radius 3 is 2.38 bits per heavy atom. The Morgan fingerprint density at radius 1 is 1.62 bits per heavy atom. The van der Waals surface area contributed by atoms with E-state index in [0.29, 0.717) is 6.42 Å². The minimum Gasteiger partial charge on any atom is -0.480 e. The van der Waals surface area contributed by atoms with Crippen molar-refractivity contribution in [1.29, 1.82) is 0 Å². The standard InChI is InChI=1S/C9H19NO3/c1-5-9(6-13-4,8(11)12)10-7(2)3/h7,10H,5-6H2,1-4H3,(H,11,12). The van der Waals surface area contributed by atoms with Crippen molar-refractivity contribution >= 4 is 5.97 Å². The molecule has 0 aliphatic rings. The lowest BCUT2D eigenvalue weighted by Gasteiger charge is -2.30. The van der Waals surface area contributed by atoms with Crippen LogP contribution in [-0.2, 0) is 9.53 Å². The van der Waals surface area contributed by atoms with Crippen LogP contribution in [-0.4, -0.2) is 36.4 Å². The van der Waals surface area contributed by atoms with Crippen LogP contribution in [0.1, 0.15) is 27.2 Å². The lowest BCUT2D eigenvalue weighted by molar-refractivity contribution is -0.148. The van der Waals surface area contributed by atoms with Crippen molar-refractivity contribution in [3.63, 3.8) is 0 Å². The Bertz CT molecular complexity index is 170. The number of aliphatic carboxylic acids is 1. The van der Waals surface area contributed by atoms with Crippen molar-refractivity contribution < 1.29 is 14.6 Å². The third-order valence-corrected chi connectivity index (χ3v) is 1.97. The van der Waals surface area contributed by atoms with Crippen molar-refractivity contribution in [3.05, 3.63) is 0 Å². The average molecular weight is 189 g/mol. The lowest BCUT2D eigenvalue weighted by Crippen LogP contribution is -2.57. The van der Waals surface area contributed by atoms with Gasteiger partial charge in [-0.05, 0) is 20.3 Å². The molecule has 0 aliphatic carbocycles. The SMILES string of the molecule is CCC(COC)(NC(C)C)C(=O)O. The zero-order valence-electron chi connectivity index (χ0n) is 8.76. The third-order valence-electron chi connectivity index (χ3n) is 1.97. The first-order chi connectivity index (χ1) is 5.98. The average Bonchev–Trinajstić information content (AvgIpc) is 2.02. The van der Waals surface area contributed by atoms with Gasteiger partial charge < -0.3 is 9.84 Å². The number of carboxylic acids is 1. The van der Waals surface area contributed by atoms with Crippen molar-refractivity contribution in [2.24, 2.45) is 0 Å². The van der Waals surface area contributed by atoms with Gasteiger partial charge in [-0.1, -0.05) is 6.92 Å². The molecule has 0 aliphatic heterocycles. The summed E-state index contributed by atoms with van der Waals surface area (Å²) in [4.78, 5) is 11.0. The molecule has 2 N–H and O–H groups in total. The molecule has 0 aromatic rings. The summed E-state index contributed by atoms with van der Waals surface area (Å²) < 4.78 is 4.92. The summed E-state index contributed by atoms with van der Waals surface area (Å²) in [5.41, 5.74) is -0.942. The summed E-state index contributed by atoms with van der Waals surface area (Å²) in [6.07, 6.45) is 0.508. The zero-order chi connectivity index (χ0) is 10.5. The number of hydrogen-bond donors (Lipinski definition) is 2. The Labute approximate surface area is 79.3 Å². The van der Waals surface area contributed by atoms with Crippen LogP contribution in [0.3, 0.4) is 0 Å². The molecule has 0 spiro atoms. The van der Waals surface area contributed by atoms with Crippen molar-refractivity contribution in [2.75, 3.05) is 13.7 Å². The van der Waals surface area contributed by atoms with Crippen LogP contribution in [0.15, 0.2) is 0 Å². The number of carboxylic acid groups (broad SMARTS) is 1. The molecule has 0 saturated heterocycles. The fourth-order valence-corrected chi connectivity index (χ4v) is 1.32. The molecule has 4 heteroatoms. The van der Waals surface area contributed by atoms with Gasteiger partial charge in [-0.2, -0.15) is 0 Å². The van der Waals surface area contributed by atoms with Gasteiger partial charge in [-0.3, -0.25) is 10.1 Å². The van der Waals surface area contributed by atoms with E-state index in [0.717, 1.165) is 0 Å². The molecule has 1 unspecified atom stereocenters. The topological polar surface area (TPSA) is 58.6 Å². The second-order valence-corrected chi connectivity index (χ2v) is 3.47. The second kappa shape index (κ2) is 5.19. The molecule has 0 aromatic heterocycles. The van der Waals surface area contributed by atoms with E-state index in [2.05, 4.69) is 5.32 Å². The van der Waals surface area contributed by atoms with E-state index in [1.165, 1.54) is 7.11 Å². The summed E-state index contributed by atoms with van der Waals surface area (Å²) in [7, 11) is 1.51. The third kappa shape index (κ3) is 3.32. The van der Waals surface area contributed by atoms with Gasteiger partial charge in [0.2, 0.25) is 0 Å². The van der Waals surface area contributed by atoms with Crippen LogP contribution < -0.4 is 5.32 Å². The van der Waals surface area contributed by atoms with E-state index in [-0.39, 0.29) is 12.6 Å². The maximum atomic E-state index is 11.0. The normalized spacial score (nSPS) is 15.8. The first kappa shape index (κ1) is 12.4.